The summed E-state index contributed by atoms with van der Waals surface area (Å²) in [5, 5.41) is 2.74. The lowest BCUT2D eigenvalue weighted by molar-refractivity contribution is 0.0730. The van der Waals surface area contributed by atoms with Crippen molar-refractivity contribution in [3.8, 4) is 11.5 Å². The number of carbonyl (C=O) groups excluding carboxylic acids is 1. The molecule has 156 valence electrons. The average molecular weight is 420 g/mol. The van der Waals surface area contributed by atoms with Crippen molar-refractivity contribution in [2.75, 3.05) is 45.8 Å². The van der Waals surface area contributed by atoms with Crippen LogP contribution < -0.4 is 14.8 Å². The van der Waals surface area contributed by atoms with Crippen LogP contribution in [0.15, 0.2) is 41.3 Å². The van der Waals surface area contributed by atoms with Crippen LogP contribution in [-0.4, -0.2) is 59.2 Å². The molecule has 0 aliphatic carbocycles. The summed E-state index contributed by atoms with van der Waals surface area (Å²) >= 11 is 0. The lowest BCUT2D eigenvalue weighted by Crippen LogP contribution is -2.40. The lowest BCUT2D eigenvalue weighted by Gasteiger charge is -2.26. The highest BCUT2D eigenvalue weighted by atomic mass is 32.2. The number of benzene rings is 2. The molecule has 2 aromatic carbocycles. The highest BCUT2D eigenvalue weighted by Crippen LogP contribution is 2.30. The van der Waals surface area contributed by atoms with Gasteiger partial charge in [-0.25, -0.2) is 8.42 Å². The Labute approximate surface area is 170 Å². The van der Waals surface area contributed by atoms with Gasteiger partial charge in [0.15, 0.2) is 0 Å². The van der Waals surface area contributed by atoms with Crippen LogP contribution >= 0.6 is 0 Å². The number of anilines is 1. The number of hydrogen-bond acceptors (Lipinski definition) is 6. The van der Waals surface area contributed by atoms with Gasteiger partial charge in [0.1, 0.15) is 11.5 Å². The highest BCUT2D eigenvalue weighted by Gasteiger charge is 2.26. The standard InChI is InChI=1S/C20H24N2O6S/c1-14-18(26-2)11-15(12-19(14)27-3)20(23)21-16-5-4-6-17(13-16)29(24,25)22-7-9-28-10-8-22/h4-6,11-13H,7-10H2,1-3H3,(H,21,23). The van der Waals surface area contributed by atoms with Crippen molar-refractivity contribution in [1.82, 2.24) is 4.31 Å². The molecule has 1 fully saturated rings. The lowest BCUT2D eigenvalue weighted by atomic mass is 10.1. The fourth-order valence-electron chi connectivity index (χ4n) is 3.09. The Balaban J connectivity index is 1.84. The first-order valence-corrected chi connectivity index (χ1v) is 10.5. The molecule has 8 nitrogen and oxygen atoms in total. The molecule has 0 bridgehead atoms. The normalized spacial score (nSPS) is 15.0. The summed E-state index contributed by atoms with van der Waals surface area (Å²) in [6, 6.07) is 9.42. The Morgan fingerprint density at radius 2 is 1.69 bits per heavy atom. The number of morpholine rings is 1. The van der Waals surface area contributed by atoms with Crippen LogP contribution in [0, 0.1) is 6.92 Å². The summed E-state index contributed by atoms with van der Waals surface area (Å²) in [5.74, 6) is 0.652. The molecule has 0 saturated carbocycles. The monoisotopic (exact) mass is 420 g/mol. The first kappa shape index (κ1) is 21.1. The van der Waals surface area contributed by atoms with E-state index in [1.807, 2.05) is 6.92 Å². The zero-order chi connectivity index (χ0) is 21.0. The molecule has 9 heteroatoms. The number of ether oxygens (including phenoxy) is 3. The number of rotatable bonds is 6. The molecule has 2 aromatic rings. The van der Waals surface area contributed by atoms with E-state index < -0.39 is 15.9 Å². The number of methoxy groups -OCH3 is 2. The van der Waals surface area contributed by atoms with Crippen molar-refractivity contribution in [1.29, 1.82) is 0 Å². The van der Waals surface area contributed by atoms with Crippen LogP contribution in [0.5, 0.6) is 11.5 Å². The number of nitrogens with zero attached hydrogens (tertiary/aromatic N) is 1. The summed E-state index contributed by atoms with van der Waals surface area (Å²) in [4.78, 5) is 12.8. The van der Waals surface area contributed by atoms with Gasteiger partial charge in [0.05, 0.1) is 32.3 Å². The third-order valence-corrected chi connectivity index (χ3v) is 6.61. The van der Waals surface area contributed by atoms with Gasteiger partial charge in [0.2, 0.25) is 10.0 Å². The second-order valence-corrected chi connectivity index (χ2v) is 8.44. The highest BCUT2D eigenvalue weighted by molar-refractivity contribution is 7.89. The van der Waals surface area contributed by atoms with E-state index in [4.69, 9.17) is 14.2 Å². The largest absolute Gasteiger partial charge is 0.496 e. The van der Waals surface area contributed by atoms with Gasteiger partial charge in [-0.05, 0) is 37.3 Å². The minimum Gasteiger partial charge on any atom is -0.496 e. The Kier molecular flexibility index (Phi) is 6.41. The molecule has 0 radical (unpaired) electrons. The van der Waals surface area contributed by atoms with Crippen LogP contribution in [0.2, 0.25) is 0 Å². The van der Waals surface area contributed by atoms with E-state index in [1.165, 1.54) is 30.7 Å². The van der Waals surface area contributed by atoms with E-state index >= 15 is 0 Å². The number of sulfonamides is 1. The quantitative estimate of drug-likeness (QED) is 0.771. The van der Waals surface area contributed by atoms with Crippen molar-refractivity contribution in [3.05, 3.63) is 47.5 Å². The topological polar surface area (TPSA) is 94.2 Å². The first-order chi connectivity index (χ1) is 13.9. The van der Waals surface area contributed by atoms with Gasteiger partial charge in [0.25, 0.3) is 5.91 Å². The molecule has 0 aromatic heterocycles. The predicted molar refractivity (Wildman–Crippen MR) is 108 cm³/mol. The second-order valence-electron chi connectivity index (χ2n) is 6.50. The summed E-state index contributed by atoms with van der Waals surface area (Å²) in [6.45, 7) is 3.18. The number of amides is 1. The summed E-state index contributed by atoms with van der Waals surface area (Å²) < 4.78 is 42.9. The van der Waals surface area contributed by atoms with Gasteiger partial charge in [-0.15, -0.1) is 0 Å². The third-order valence-electron chi connectivity index (χ3n) is 4.71. The van der Waals surface area contributed by atoms with E-state index in [1.54, 1.807) is 24.3 Å². The van der Waals surface area contributed by atoms with Crippen LogP contribution in [-0.2, 0) is 14.8 Å². The Morgan fingerprint density at radius 3 is 2.28 bits per heavy atom. The van der Waals surface area contributed by atoms with Crippen molar-refractivity contribution in [2.24, 2.45) is 0 Å². The van der Waals surface area contributed by atoms with Gasteiger partial charge in [0, 0.05) is 29.9 Å². The van der Waals surface area contributed by atoms with E-state index in [2.05, 4.69) is 5.32 Å². The first-order valence-electron chi connectivity index (χ1n) is 9.08. The van der Waals surface area contributed by atoms with Gasteiger partial charge >= 0.3 is 0 Å². The average Bonchev–Trinajstić information content (AvgIpc) is 2.74. The smallest absolute Gasteiger partial charge is 0.255 e. The Bertz CT molecular complexity index is 975. The van der Waals surface area contributed by atoms with Crippen molar-refractivity contribution < 1.29 is 27.4 Å². The fraction of sp³-hybridized carbons (Fsp3) is 0.350. The van der Waals surface area contributed by atoms with Crippen molar-refractivity contribution in [3.63, 3.8) is 0 Å². The molecule has 0 spiro atoms. The maximum atomic E-state index is 12.8. The van der Waals surface area contributed by atoms with Gasteiger partial charge < -0.3 is 19.5 Å². The zero-order valence-corrected chi connectivity index (χ0v) is 17.4. The predicted octanol–water partition coefficient (Wildman–Crippen LogP) is 2.29. The molecular weight excluding hydrogens is 396 g/mol. The van der Waals surface area contributed by atoms with E-state index in [9.17, 15) is 13.2 Å². The fourth-order valence-corrected chi connectivity index (χ4v) is 4.55. The number of hydrogen-bond donors (Lipinski definition) is 1. The third kappa shape index (κ3) is 4.52. The number of carbonyl (C=O) groups is 1. The molecule has 1 N–H and O–H groups in total. The second kappa shape index (κ2) is 8.81. The molecule has 0 unspecified atom stereocenters. The molecule has 1 aliphatic rings. The Hall–Kier alpha value is -2.62. The van der Waals surface area contributed by atoms with Crippen LogP contribution in [0.3, 0.4) is 0 Å². The molecule has 1 saturated heterocycles. The van der Waals surface area contributed by atoms with E-state index in [0.29, 0.717) is 49.1 Å². The van der Waals surface area contributed by atoms with Gasteiger partial charge in [-0.3, -0.25) is 4.79 Å². The minimum atomic E-state index is -3.65. The summed E-state index contributed by atoms with van der Waals surface area (Å²) in [5.41, 5.74) is 1.50. The van der Waals surface area contributed by atoms with E-state index in [0.717, 1.165) is 5.56 Å². The molecule has 3 rings (SSSR count). The molecule has 1 amide bonds. The summed E-state index contributed by atoms with van der Waals surface area (Å²) in [6.07, 6.45) is 0. The van der Waals surface area contributed by atoms with Crippen molar-refractivity contribution >= 4 is 21.6 Å². The summed E-state index contributed by atoms with van der Waals surface area (Å²) in [7, 11) is -0.615. The molecular formula is C20H24N2O6S. The minimum absolute atomic E-state index is 0.122. The van der Waals surface area contributed by atoms with Crippen LogP contribution in [0.1, 0.15) is 15.9 Å². The number of nitrogens with one attached hydrogen (secondary N) is 1. The van der Waals surface area contributed by atoms with Gasteiger partial charge in [-0.1, -0.05) is 6.07 Å². The molecule has 1 heterocycles. The van der Waals surface area contributed by atoms with Crippen LogP contribution in [0.25, 0.3) is 0 Å². The van der Waals surface area contributed by atoms with Gasteiger partial charge in [-0.2, -0.15) is 4.31 Å². The van der Waals surface area contributed by atoms with Crippen molar-refractivity contribution in [2.45, 2.75) is 11.8 Å². The molecule has 1 aliphatic heterocycles. The van der Waals surface area contributed by atoms with E-state index in [-0.39, 0.29) is 4.90 Å². The maximum absolute atomic E-state index is 12.8. The molecule has 0 atom stereocenters. The van der Waals surface area contributed by atoms with Crippen LogP contribution in [0.4, 0.5) is 5.69 Å². The SMILES string of the molecule is COc1cc(C(=O)Nc2cccc(S(=O)(=O)N3CCOCC3)c2)cc(OC)c1C. The molecule has 29 heavy (non-hydrogen) atoms. The Morgan fingerprint density at radius 1 is 1.07 bits per heavy atom. The zero-order valence-electron chi connectivity index (χ0n) is 16.6. The maximum Gasteiger partial charge on any atom is 0.255 e.